The number of aromatic nitrogens is 2. The average molecular weight is 456 g/mol. The number of aliphatic hydroxyl groups excluding tert-OH is 1. The van der Waals surface area contributed by atoms with Gasteiger partial charge in [-0.05, 0) is 37.6 Å². The van der Waals surface area contributed by atoms with Crippen molar-refractivity contribution in [1.29, 1.82) is 0 Å². The summed E-state index contributed by atoms with van der Waals surface area (Å²) in [7, 11) is 0. The van der Waals surface area contributed by atoms with Crippen LogP contribution in [-0.4, -0.2) is 27.2 Å². The number of aryl methyl sites for hydroxylation is 2. The molecule has 6 nitrogen and oxygen atoms in total. The molecule has 0 aliphatic rings. The molecule has 3 aromatic rings. The van der Waals surface area contributed by atoms with Crippen LogP contribution in [0, 0.1) is 13.8 Å². The first-order valence-electron chi connectivity index (χ1n) is 9.23. The summed E-state index contributed by atoms with van der Waals surface area (Å²) in [5, 5.41) is 12.1. The van der Waals surface area contributed by atoms with Crippen LogP contribution in [0.25, 0.3) is 11.4 Å². The molecule has 7 heteroatoms. The summed E-state index contributed by atoms with van der Waals surface area (Å²) < 4.78 is 2.32. The van der Waals surface area contributed by atoms with Crippen molar-refractivity contribution in [3.63, 3.8) is 0 Å². The number of carbonyl (C=O) groups is 1. The molecular weight excluding hydrogens is 434 g/mol. The van der Waals surface area contributed by atoms with Gasteiger partial charge in [0.2, 0.25) is 5.91 Å². The van der Waals surface area contributed by atoms with E-state index in [2.05, 4.69) is 26.2 Å². The number of amides is 1. The third-order valence-electron chi connectivity index (χ3n) is 4.61. The molecule has 2 aromatic carbocycles. The zero-order valence-electron chi connectivity index (χ0n) is 16.3. The average Bonchev–Trinajstić information content (AvgIpc) is 2.70. The Bertz CT molecular complexity index is 1090. The van der Waals surface area contributed by atoms with Crippen LogP contribution >= 0.6 is 15.9 Å². The van der Waals surface area contributed by atoms with Gasteiger partial charge >= 0.3 is 0 Å². The predicted molar refractivity (Wildman–Crippen MR) is 117 cm³/mol. The molecule has 2 N–H and O–H groups in total. The molecular formula is C22H22BrN3O3. The molecule has 0 spiro atoms. The van der Waals surface area contributed by atoms with Crippen molar-refractivity contribution in [1.82, 2.24) is 9.55 Å². The van der Waals surface area contributed by atoms with Crippen LogP contribution in [0.5, 0.6) is 0 Å². The highest BCUT2D eigenvalue weighted by molar-refractivity contribution is 9.10. The predicted octanol–water partition coefficient (Wildman–Crippen LogP) is 3.46. The number of nitrogens with zero attached hydrogens (tertiary/aromatic N) is 2. The van der Waals surface area contributed by atoms with Crippen LogP contribution in [0.2, 0.25) is 0 Å². The van der Waals surface area contributed by atoms with E-state index in [9.17, 15) is 14.7 Å². The Balaban J connectivity index is 1.99. The maximum absolute atomic E-state index is 13.1. The summed E-state index contributed by atoms with van der Waals surface area (Å²) in [4.78, 5) is 30.4. The normalized spacial score (nSPS) is 10.8. The monoisotopic (exact) mass is 455 g/mol. The molecule has 3 rings (SSSR count). The van der Waals surface area contributed by atoms with Gasteiger partial charge < -0.3 is 10.4 Å². The molecule has 0 fully saturated rings. The van der Waals surface area contributed by atoms with Gasteiger partial charge in [-0.25, -0.2) is 4.98 Å². The Morgan fingerprint density at radius 3 is 2.55 bits per heavy atom. The number of rotatable bonds is 6. The minimum Gasteiger partial charge on any atom is -0.396 e. The first-order valence-corrected chi connectivity index (χ1v) is 10.0. The van der Waals surface area contributed by atoms with E-state index in [0.29, 0.717) is 22.8 Å². The highest BCUT2D eigenvalue weighted by Gasteiger charge is 2.17. The molecule has 0 radical (unpaired) electrons. The fourth-order valence-electron chi connectivity index (χ4n) is 3.12. The van der Waals surface area contributed by atoms with Crippen molar-refractivity contribution >= 4 is 27.5 Å². The van der Waals surface area contributed by atoms with Crippen molar-refractivity contribution in [2.75, 3.05) is 11.9 Å². The van der Waals surface area contributed by atoms with Crippen molar-refractivity contribution < 1.29 is 9.90 Å². The number of hydrogen-bond acceptors (Lipinski definition) is 4. The van der Waals surface area contributed by atoms with Crippen LogP contribution in [0.15, 0.2) is 57.8 Å². The third-order valence-corrected chi connectivity index (χ3v) is 5.50. The number of aliphatic hydroxyl groups is 1. The largest absolute Gasteiger partial charge is 0.396 e. The molecule has 0 unspecified atom stereocenters. The zero-order chi connectivity index (χ0) is 21.0. The Morgan fingerprint density at radius 1 is 1.17 bits per heavy atom. The van der Waals surface area contributed by atoms with Crippen LogP contribution in [0.1, 0.15) is 16.8 Å². The Labute approximate surface area is 177 Å². The number of nitrogens with one attached hydrogen (secondary N) is 1. The SMILES string of the molecule is Cc1cc(NC(=O)Cn2c(-c3ccccc3)nc(C)c(CCO)c2=O)ccc1Br. The number of anilines is 1. The first kappa shape index (κ1) is 21.0. The summed E-state index contributed by atoms with van der Waals surface area (Å²) >= 11 is 3.44. The van der Waals surface area contributed by atoms with Gasteiger partial charge in [-0.3, -0.25) is 14.2 Å². The van der Waals surface area contributed by atoms with Gasteiger partial charge in [0.25, 0.3) is 5.56 Å². The lowest BCUT2D eigenvalue weighted by Crippen LogP contribution is -2.33. The Kier molecular flexibility index (Phi) is 6.61. The maximum atomic E-state index is 13.1. The van der Waals surface area contributed by atoms with Crippen molar-refractivity contribution in [3.05, 3.63) is 80.2 Å². The number of halogens is 1. The topological polar surface area (TPSA) is 84.2 Å². The molecule has 150 valence electrons. The highest BCUT2D eigenvalue weighted by atomic mass is 79.9. The molecule has 1 heterocycles. The zero-order valence-corrected chi connectivity index (χ0v) is 17.9. The van der Waals surface area contributed by atoms with E-state index in [1.165, 1.54) is 4.57 Å². The standard InChI is InChI=1S/C22H22BrN3O3/c1-14-12-17(8-9-19(14)23)25-20(28)13-26-21(16-6-4-3-5-7-16)24-15(2)18(10-11-27)22(26)29/h3-9,12,27H,10-11,13H2,1-2H3,(H,25,28). The third kappa shape index (κ3) is 4.81. The van der Waals surface area contributed by atoms with E-state index >= 15 is 0 Å². The van der Waals surface area contributed by atoms with Crippen LogP contribution < -0.4 is 10.9 Å². The first-order chi connectivity index (χ1) is 13.9. The van der Waals surface area contributed by atoms with Gasteiger partial charge in [-0.2, -0.15) is 0 Å². The minimum atomic E-state index is -0.327. The van der Waals surface area contributed by atoms with Gasteiger partial charge in [0.15, 0.2) is 0 Å². The summed E-state index contributed by atoms with van der Waals surface area (Å²) in [5.41, 5.74) is 3.05. The number of hydrogen-bond donors (Lipinski definition) is 2. The fourth-order valence-corrected chi connectivity index (χ4v) is 3.37. The molecule has 0 bridgehead atoms. The van der Waals surface area contributed by atoms with E-state index in [1.54, 1.807) is 13.0 Å². The molecule has 1 aromatic heterocycles. The molecule has 0 saturated heterocycles. The molecule has 1 amide bonds. The molecule has 0 saturated carbocycles. The van der Waals surface area contributed by atoms with Crippen LogP contribution in [0.3, 0.4) is 0 Å². The second-order valence-corrected chi connectivity index (χ2v) is 7.60. The minimum absolute atomic E-state index is 0.160. The smallest absolute Gasteiger partial charge is 0.257 e. The van der Waals surface area contributed by atoms with E-state index < -0.39 is 0 Å². The van der Waals surface area contributed by atoms with Crippen LogP contribution in [0.4, 0.5) is 5.69 Å². The quantitative estimate of drug-likeness (QED) is 0.595. The second kappa shape index (κ2) is 9.15. The Hall–Kier alpha value is -2.77. The summed E-state index contributed by atoms with van der Waals surface area (Å²) in [6.07, 6.45) is 0.195. The van der Waals surface area contributed by atoms with Crippen molar-refractivity contribution in [2.24, 2.45) is 0 Å². The molecule has 0 aliphatic carbocycles. The molecule has 29 heavy (non-hydrogen) atoms. The Morgan fingerprint density at radius 2 is 1.90 bits per heavy atom. The van der Waals surface area contributed by atoms with E-state index in [1.807, 2.05) is 49.4 Å². The fraction of sp³-hybridized carbons (Fsp3) is 0.227. The summed E-state index contributed by atoms with van der Waals surface area (Å²) in [5.74, 6) is 0.100. The maximum Gasteiger partial charge on any atom is 0.257 e. The van der Waals surface area contributed by atoms with Gasteiger partial charge in [0.05, 0.1) is 0 Å². The molecule has 0 atom stereocenters. The summed E-state index contributed by atoms with van der Waals surface area (Å²) in [6, 6.07) is 14.8. The van der Waals surface area contributed by atoms with Gasteiger partial charge in [0, 0.05) is 40.0 Å². The second-order valence-electron chi connectivity index (χ2n) is 6.74. The molecule has 0 aliphatic heterocycles. The van der Waals surface area contributed by atoms with E-state index in [0.717, 1.165) is 15.6 Å². The van der Waals surface area contributed by atoms with Crippen molar-refractivity contribution in [2.45, 2.75) is 26.8 Å². The van der Waals surface area contributed by atoms with E-state index in [-0.39, 0.29) is 31.0 Å². The van der Waals surface area contributed by atoms with E-state index in [4.69, 9.17) is 0 Å². The van der Waals surface area contributed by atoms with Gasteiger partial charge in [-0.15, -0.1) is 0 Å². The van der Waals surface area contributed by atoms with Gasteiger partial charge in [0.1, 0.15) is 12.4 Å². The highest BCUT2D eigenvalue weighted by Crippen LogP contribution is 2.21. The number of carbonyl (C=O) groups excluding carboxylic acids is 1. The van der Waals surface area contributed by atoms with Crippen LogP contribution in [-0.2, 0) is 17.8 Å². The lowest BCUT2D eigenvalue weighted by Gasteiger charge is -2.16. The summed E-state index contributed by atoms with van der Waals surface area (Å²) in [6.45, 7) is 3.34. The number of benzene rings is 2. The van der Waals surface area contributed by atoms with Crippen molar-refractivity contribution in [3.8, 4) is 11.4 Å². The lowest BCUT2D eigenvalue weighted by atomic mass is 10.1. The lowest BCUT2D eigenvalue weighted by molar-refractivity contribution is -0.116. The van der Waals surface area contributed by atoms with Gasteiger partial charge in [-0.1, -0.05) is 46.3 Å².